The lowest BCUT2D eigenvalue weighted by atomic mass is 10.1. The zero-order chi connectivity index (χ0) is 23.7. The standard InChI is InChI=1S/C26H22N2O5/c1-15-8-11-21(17(3)12-15)27-23(29)14-33-26(32)18-9-10-19-20(13-18)25(31)28(24(19)30)22-7-5-4-6-16(22)2/h4-13H,14H2,1-3H3,(H,27,29). The Labute approximate surface area is 191 Å². The molecule has 0 aliphatic carbocycles. The SMILES string of the molecule is Cc1ccc(NC(=O)COC(=O)c2ccc3c(c2)C(=O)N(c2ccccc2C)C3=O)c(C)c1. The van der Waals surface area contributed by atoms with Crippen molar-refractivity contribution in [2.45, 2.75) is 20.8 Å². The lowest BCUT2D eigenvalue weighted by molar-refractivity contribution is -0.119. The summed E-state index contributed by atoms with van der Waals surface area (Å²) in [5.74, 6) is -2.19. The van der Waals surface area contributed by atoms with Gasteiger partial charge in [-0.3, -0.25) is 14.4 Å². The number of imide groups is 1. The average molecular weight is 442 g/mol. The first-order valence-corrected chi connectivity index (χ1v) is 10.4. The number of para-hydroxylation sites is 1. The lowest BCUT2D eigenvalue weighted by Gasteiger charge is -2.16. The zero-order valence-corrected chi connectivity index (χ0v) is 18.5. The van der Waals surface area contributed by atoms with Crippen LogP contribution in [0.4, 0.5) is 11.4 Å². The zero-order valence-electron chi connectivity index (χ0n) is 18.5. The molecule has 3 amide bonds. The number of nitrogens with zero attached hydrogens (tertiary/aromatic N) is 1. The first-order valence-electron chi connectivity index (χ1n) is 10.4. The monoisotopic (exact) mass is 442 g/mol. The molecule has 3 aromatic carbocycles. The molecule has 0 spiro atoms. The highest BCUT2D eigenvalue weighted by Crippen LogP contribution is 2.31. The van der Waals surface area contributed by atoms with E-state index in [-0.39, 0.29) is 16.7 Å². The maximum absolute atomic E-state index is 12.9. The molecule has 33 heavy (non-hydrogen) atoms. The summed E-state index contributed by atoms with van der Waals surface area (Å²) in [7, 11) is 0. The first kappa shape index (κ1) is 22.0. The maximum atomic E-state index is 12.9. The molecule has 1 aliphatic rings. The van der Waals surface area contributed by atoms with Crippen molar-refractivity contribution in [2.24, 2.45) is 0 Å². The van der Waals surface area contributed by atoms with Crippen LogP contribution in [0.15, 0.2) is 60.7 Å². The second-order valence-corrected chi connectivity index (χ2v) is 7.94. The van der Waals surface area contributed by atoms with Crippen molar-refractivity contribution in [3.8, 4) is 0 Å². The van der Waals surface area contributed by atoms with Gasteiger partial charge >= 0.3 is 5.97 Å². The number of hydrogen-bond donors (Lipinski definition) is 1. The van der Waals surface area contributed by atoms with Crippen LogP contribution in [-0.2, 0) is 9.53 Å². The largest absolute Gasteiger partial charge is 0.452 e. The second kappa shape index (κ2) is 8.70. The van der Waals surface area contributed by atoms with Crippen molar-refractivity contribution in [3.05, 3.63) is 94.0 Å². The molecule has 1 heterocycles. The minimum Gasteiger partial charge on any atom is -0.452 e. The van der Waals surface area contributed by atoms with E-state index in [0.29, 0.717) is 11.4 Å². The van der Waals surface area contributed by atoms with Gasteiger partial charge in [-0.05, 0) is 62.2 Å². The molecule has 7 nitrogen and oxygen atoms in total. The van der Waals surface area contributed by atoms with Crippen LogP contribution in [0.2, 0.25) is 0 Å². The van der Waals surface area contributed by atoms with Gasteiger partial charge in [-0.2, -0.15) is 0 Å². The van der Waals surface area contributed by atoms with Gasteiger partial charge in [0.1, 0.15) is 0 Å². The molecule has 0 saturated heterocycles. The van der Waals surface area contributed by atoms with Gasteiger partial charge in [0.25, 0.3) is 17.7 Å². The van der Waals surface area contributed by atoms with Crippen LogP contribution in [0.1, 0.15) is 47.8 Å². The average Bonchev–Trinajstić information content (AvgIpc) is 3.04. The van der Waals surface area contributed by atoms with Crippen LogP contribution in [-0.4, -0.2) is 30.3 Å². The van der Waals surface area contributed by atoms with E-state index in [1.165, 1.54) is 18.2 Å². The molecule has 0 unspecified atom stereocenters. The van der Waals surface area contributed by atoms with Crippen molar-refractivity contribution in [1.82, 2.24) is 0 Å². The number of amides is 3. The van der Waals surface area contributed by atoms with E-state index >= 15 is 0 Å². The molecule has 0 atom stereocenters. The van der Waals surface area contributed by atoms with Crippen LogP contribution >= 0.6 is 0 Å². The minimum absolute atomic E-state index is 0.0841. The van der Waals surface area contributed by atoms with Gasteiger partial charge in [-0.25, -0.2) is 9.69 Å². The Morgan fingerprint density at radius 3 is 2.30 bits per heavy atom. The Morgan fingerprint density at radius 2 is 1.58 bits per heavy atom. The number of hydrogen-bond acceptors (Lipinski definition) is 5. The van der Waals surface area contributed by atoms with Crippen LogP contribution in [0.25, 0.3) is 0 Å². The van der Waals surface area contributed by atoms with E-state index in [9.17, 15) is 19.2 Å². The predicted octanol–water partition coefficient (Wildman–Crippen LogP) is 4.21. The van der Waals surface area contributed by atoms with Gasteiger partial charge in [0.2, 0.25) is 0 Å². The summed E-state index contributed by atoms with van der Waals surface area (Å²) in [4.78, 5) is 51.6. The predicted molar refractivity (Wildman–Crippen MR) is 124 cm³/mol. The molecule has 7 heteroatoms. The highest BCUT2D eigenvalue weighted by atomic mass is 16.5. The van der Waals surface area contributed by atoms with E-state index < -0.39 is 30.3 Å². The number of fused-ring (bicyclic) bond motifs is 1. The van der Waals surface area contributed by atoms with E-state index in [0.717, 1.165) is 21.6 Å². The fourth-order valence-corrected chi connectivity index (χ4v) is 3.76. The van der Waals surface area contributed by atoms with Gasteiger partial charge in [-0.15, -0.1) is 0 Å². The van der Waals surface area contributed by atoms with Gasteiger partial charge in [0.05, 0.1) is 22.4 Å². The molecular weight excluding hydrogens is 420 g/mol. The summed E-state index contributed by atoms with van der Waals surface area (Å²) in [6, 6.07) is 16.8. The Kier molecular flexibility index (Phi) is 5.79. The highest BCUT2D eigenvalue weighted by Gasteiger charge is 2.37. The summed E-state index contributed by atoms with van der Waals surface area (Å²) in [6.07, 6.45) is 0. The topological polar surface area (TPSA) is 92.8 Å². The molecule has 0 aromatic heterocycles. The van der Waals surface area contributed by atoms with E-state index in [2.05, 4.69) is 5.32 Å². The maximum Gasteiger partial charge on any atom is 0.338 e. The van der Waals surface area contributed by atoms with Crippen molar-refractivity contribution in [1.29, 1.82) is 0 Å². The molecule has 4 rings (SSSR count). The van der Waals surface area contributed by atoms with Crippen molar-refractivity contribution >= 4 is 35.1 Å². The number of rotatable bonds is 5. The van der Waals surface area contributed by atoms with Crippen molar-refractivity contribution in [2.75, 3.05) is 16.8 Å². The lowest BCUT2D eigenvalue weighted by Crippen LogP contribution is -2.29. The second-order valence-electron chi connectivity index (χ2n) is 7.94. The number of benzene rings is 3. The number of aryl methyl sites for hydroxylation is 3. The number of esters is 1. The van der Waals surface area contributed by atoms with Crippen LogP contribution in [0.3, 0.4) is 0 Å². The molecule has 0 saturated carbocycles. The normalized spacial score (nSPS) is 12.5. The quantitative estimate of drug-likeness (QED) is 0.472. The Hall–Kier alpha value is -4.26. The first-order chi connectivity index (χ1) is 15.8. The van der Waals surface area contributed by atoms with Crippen LogP contribution in [0.5, 0.6) is 0 Å². The summed E-state index contributed by atoms with van der Waals surface area (Å²) >= 11 is 0. The summed E-state index contributed by atoms with van der Waals surface area (Å²) < 4.78 is 5.12. The van der Waals surface area contributed by atoms with Crippen LogP contribution < -0.4 is 10.2 Å². The fourth-order valence-electron chi connectivity index (χ4n) is 3.76. The third-order valence-electron chi connectivity index (χ3n) is 5.47. The molecule has 3 aromatic rings. The van der Waals surface area contributed by atoms with Gasteiger partial charge in [0.15, 0.2) is 6.61 Å². The van der Waals surface area contributed by atoms with Crippen LogP contribution in [0, 0.1) is 20.8 Å². The third kappa shape index (κ3) is 4.25. The Morgan fingerprint density at radius 1 is 0.848 bits per heavy atom. The molecule has 0 fully saturated rings. The van der Waals surface area contributed by atoms with Crippen molar-refractivity contribution in [3.63, 3.8) is 0 Å². The molecule has 1 aliphatic heterocycles. The van der Waals surface area contributed by atoms with Gasteiger partial charge in [-0.1, -0.05) is 35.9 Å². The number of nitrogens with one attached hydrogen (secondary N) is 1. The number of ether oxygens (including phenoxy) is 1. The minimum atomic E-state index is -0.761. The van der Waals surface area contributed by atoms with Gasteiger partial charge < -0.3 is 10.1 Å². The molecule has 0 bridgehead atoms. The van der Waals surface area contributed by atoms with Crippen molar-refractivity contribution < 1.29 is 23.9 Å². The summed E-state index contributed by atoms with van der Waals surface area (Å²) in [5.41, 5.74) is 4.31. The summed E-state index contributed by atoms with van der Waals surface area (Å²) in [6.45, 7) is 5.16. The number of anilines is 2. The highest BCUT2D eigenvalue weighted by molar-refractivity contribution is 6.35. The van der Waals surface area contributed by atoms with Gasteiger partial charge in [0, 0.05) is 5.69 Å². The van der Waals surface area contributed by atoms with E-state index in [1.807, 2.05) is 45.0 Å². The van der Waals surface area contributed by atoms with E-state index in [4.69, 9.17) is 4.74 Å². The third-order valence-corrected chi connectivity index (χ3v) is 5.47. The molecular formula is C26H22N2O5. The Bertz CT molecular complexity index is 1310. The fraction of sp³-hybridized carbons (Fsp3) is 0.154. The number of carbonyl (C=O) groups excluding carboxylic acids is 4. The summed E-state index contributed by atoms with van der Waals surface area (Å²) in [5, 5.41) is 2.71. The number of carbonyl (C=O) groups is 4. The molecule has 1 N–H and O–H groups in total. The van der Waals surface area contributed by atoms with E-state index in [1.54, 1.807) is 18.2 Å². The molecule has 166 valence electrons. The Balaban J connectivity index is 1.46. The smallest absolute Gasteiger partial charge is 0.338 e. The molecule has 0 radical (unpaired) electrons.